The number of rotatable bonds is 4. The van der Waals surface area contributed by atoms with Gasteiger partial charge in [-0.1, -0.05) is 30.3 Å². The second-order valence-electron chi connectivity index (χ2n) is 6.21. The number of imidazole rings is 1. The summed E-state index contributed by atoms with van der Waals surface area (Å²) in [6, 6.07) is 10.1. The van der Waals surface area contributed by atoms with Crippen LogP contribution in [0.25, 0.3) is 11.4 Å². The Hall–Kier alpha value is -2.47. The molecule has 5 nitrogen and oxygen atoms in total. The highest BCUT2D eigenvalue weighted by atomic mass is 32.1. The second kappa shape index (κ2) is 7.19. The van der Waals surface area contributed by atoms with Crippen LogP contribution >= 0.6 is 11.3 Å². The maximum atomic E-state index is 13.0. The van der Waals surface area contributed by atoms with E-state index in [1.54, 1.807) is 17.5 Å². The predicted octanol–water partition coefficient (Wildman–Crippen LogP) is 3.76. The predicted molar refractivity (Wildman–Crippen MR) is 98.1 cm³/mol. The Bertz CT molecular complexity index is 828. The second-order valence-corrected chi connectivity index (χ2v) is 7.14. The first-order valence-corrected chi connectivity index (χ1v) is 9.46. The van der Waals surface area contributed by atoms with E-state index in [2.05, 4.69) is 9.97 Å². The Kier molecular flexibility index (Phi) is 4.61. The van der Waals surface area contributed by atoms with Crippen LogP contribution in [0.1, 0.15) is 30.3 Å². The summed E-state index contributed by atoms with van der Waals surface area (Å²) in [6.45, 7) is 1.12. The van der Waals surface area contributed by atoms with Crippen molar-refractivity contribution in [2.45, 2.75) is 31.8 Å². The molecule has 0 radical (unpaired) electrons. The Balaban J connectivity index is 1.55. The highest BCUT2D eigenvalue weighted by Gasteiger charge is 2.29. The van der Waals surface area contributed by atoms with Gasteiger partial charge in [0.1, 0.15) is 17.4 Å². The molecule has 0 bridgehead atoms. The summed E-state index contributed by atoms with van der Waals surface area (Å²) in [5.74, 6) is 0.965. The smallest absolute Gasteiger partial charge is 0.243 e. The van der Waals surface area contributed by atoms with E-state index in [-0.39, 0.29) is 11.9 Å². The number of benzene rings is 1. The van der Waals surface area contributed by atoms with Gasteiger partial charge in [-0.2, -0.15) is 0 Å². The topological polar surface area (TPSA) is 51.0 Å². The minimum absolute atomic E-state index is 0.116. The number of nitrogens with zero attached hydrogens (tertiary/aromatic N) is 4. The molecule has 1 aromatic carbocycles. The molecule has 1 fully saturated rings. The van der Waals surface area contributed by atoms with E-state index < -0.39 is 0 Å². The number of piperidine rings is 1. The third kappa shape index (κ3) is 3.35. The highest BCUT2D eigenvalue weighted by molar-refractivity contribution is 7.09. The van der Waals surface area contributed by atoms with E-state index in [0.29, 0.717) is 6.54 Å². The van der Waals surface area contributed by atoms with Crippen LogP contribution in [0.15, 0.2) is 54.3 Å². The van der Waals surface area contributed by atoms with E-state index in [1.165, 1.54) is 0 Å². The molecule has 0 N–H and O–H groups in total. The van der Waals surface area contributed by atoms with Crippen molar-refractivity contribution in [1.82, 2.24) is 19.4 Å². The van der Waals surface area contributed by atoms with Crippen LogP contribution in [0.4, 0.5) is 0 Å². The van der Waals surface area contributed by atoms with Gasteiger partial charge in [0, 0.05) is 36.1 Å². The van der Waals surface area contributed by atoms with Crippen molar-refractivity contribution in [2.24, 2.45) is 0 Å². The zero-order valence-electron chi connectivity index (χ0n) is 13.9. The van der Waals surface area contributed by atoms with Gasteiger partial charge in [-0.15, -0.1) is 11.3 Å². The standard InChI is InChI=1S/C19H20N4OS/c24-17(23-11-5-4-8-16(23)19-21-10-13-25-19)14-22-12-9-20-18(22)15-6-2-1-3-7-15/h1-3,6-7,9-10,12-13,16H,4-5,8,11,14H2/t16-/m0/s1. The first kappa shape index (κ1) is 16.0. The monoisotopic (exact) mass is 352 g/mol. The molecule has 1 amide bonds. The molecule has 0 aliphatic carbocycles. The maximum absolute atomic E-state index is 13.0. The van der Waals surface area contributed by atoms with E-state index in [1.807, 2.05) is 57.6 Å². The summed E-state index contributed by atoms with van der Waals surface area (Å²) in [4.78, 5) is 23.9. The summed E-state index contributed by atoms with van der Waals surface area (Å²) in [7, 11) is 0. The Morgan fingerprint density at radius 1 is 1.16 bits per heavy atom. The number of amides is 1. The van der Waals surface area contributed by atoms with Crippen molar-refractivity contribution in [3.8, 4) is 11.4 Å². The number of likely N-dealkylation sites (tertiary alicyclic amines) is 1. The quantitative estimate of drug-likeness (QED) is 0.718. The molecule has 4 rings (SSSR count). The van der Waals surface area contributed by atoms with Gasteiger partial charge in [0.15, 0.2) is 0 Å². The van der Waals surface area contributed by atoms with E-state index in [4.69, 9.17) is 0 Å². The molecule has 25 heavy (non-hydrogen) atoms. The van der Waals surface area contributed by atoms with Crippen LogP contribution < -0.4 is 0 Å². The zero-order valence-corrected chi connectivity index (χ0v) is 14.7. The minimum atomic E-state index is 0.116. The Labute approximate surface area is 151 Å². The van der Waals surface area contributed by atoms with Crippen LogP contribution in [0.2, 0.25) is 0 Å². The lowest BCUT2D eigenvalue weighted by molar-refractivity contribution is -0.135. The van der Waals surface area contributed by atoms with Crippen LogP contribution in [-0.4, -0.2) is 31.9 Å². The summed E-state index contributed by atoms with van der Waals surface area (Å²) in [6.07, 6.45) is 8.65. The SMILES string of the molecule is O=C(Cn1ccnc1-c1ccccc1)N1CCCC[C@H]1c1nccs1. The summed E-state index contributed by atoms with van der Waals surface area (Å²) >= 11 is 1.63. The molecule has 2 aromatic heterocycles. The fraction of sp³-hybridized carbons (Fsp3) is 0.316. The van der Waals surface area contributed by atoms with Gasteiger partial charge < -0.3 is 9.47 Å². The van der Waals surface area contributed by atoms with Gasteiger partial charge in [-0.3, -0.25) is 4.79 Å². The minimum Gasteiger partial charge on any atom is -0.332 e. The molecule has 3 heterocycles. The molecular formula is C19H20N4OS. The van der Waals surface area contributed by atoms with Crippen molar-refractivity contribution < 1.29 is 4.79 Å². The van der Waals surface area contributed by atoms with Gasteiger partial charge in [-0.25, -0.2) is 9.97 Å². The molecule has 0 spiro atoms. The van der Waals surface area contributed by atoms with Crippen molar-refractivity contribution >= 4 is 17.2 Å². The molecule has 1 aliphatic rings. The number of aromatic nitrogens is 3. The van der Waals surface area contributed by atoms with Crippen LogP contribution in [0.3, 0.4) is 0 Å². The number of carbonyl (C=O) groups excluding carboxylic acids is 1. The summed E-state index contributed by atoms with van der Waals surface area (Å²) in [5.41, 5.74) is 1.02. The van der Waals surface area contributed by atoms with E-state index in [9.17, 15) is 4.79 Å². The fourth-order valence-corrected chi connectivity index (χ4v) is 4.19. The molecule has 3 aromatic rings. The van der Waals surface area contributed by atoms with Crippen molar-refractivity contribution in [1.29, 1.82) is 0 Å². The normalized spacial score (nSPS) is 17.6. The maximum Gasteiger partial charge on any atom is 0.243 e. The van der Waals surface area contributed by atoms with Crippen LogP contribution in [0.5, 0.6) is 0 Å². The third-order valence-corrected chi connectivity index (χ3v) is 5.49. The fourth-order valence-electron chi connectivity index (χ4n) is 3.41. The zero-order chi connectivity index (χ0) is 17.1. The Morgan fingerprint density at radius 2 is 2.04 bits per heavy atom. The third-order valence-electron chi connectivity index (χ3n) is 4.61. The summed E-state index contributed by atoms with van der Waals surface area (Å²) < 4.78 is 1.94. The first-order chi connectivity index (χ1) is 12.3. The first-order valence-electron chi connectivity index (χ1n) is 8.58. The lowest BCUT2D eigenvalue weighted by Gasteiger charge is -2.34. The van der Waals surface area contributed by atoms with E-state index >= 15 is 0 Å². The lowest BCUT2D eigenvalue weighted by Crippen LogP contribution is -2.40. The number of hydrogen-bond acceptors (Lipinski definition) is 4. The van der Waals surface area contributed by atoms with Crippen molar-refractivity contribution in [3.63, 3.8) is 0 Å². The van der Waals surface area contributed by atoms with Gasteiger partial charge in [-0.05, 0) is 19.3 Å². The van der Waals surface area contributed by atoms with Crippen LogP contribution in [-0.2, 0) is 11.3 Å². The largest absolute Gasteiger partial charge is 0.332 e. The van der Waals surface area contributed by atoms with Crippen molar-refractivity contribution in [2.75, 3.05) is 6.54 Å². The lowest BCUT2D eigenvalue weighted by atomic mass is 10.0. The average Bonchev–Trinajstić information content (AvgIpc) is 3.34. The van der Waals surface area contributed by atoms with Gasteiger partial charge in [0.05, 0.1) is 6.04 Å². The van der Waals surface area contributed by atoms with E-state index in [0.717, 1.165) is 42.2 Å². The molecule has 0 saturated carbocycles. The van der Waals surface area contributed by atoms with Crippen molar-refractivity contribution in [3.05, 3.63) is 59.3 Å². The molecule has 1 aliphatic heterocycles. The van der Waals surface area contributed by atoms with Gasteiger partial charge >= 0.3 is 0 Å². The number of hydrogen-bond donors (Lipinski definition) is 0. The van der Waals surface area contributed by atoms with Gasteiger partial charge in [0.2, 0.25) is 5.91 Å². The van der Waals surface area contributed by atoms with Gasteiger partial charge in [0.25, 0.3) is 0 Å². The average molecular weight is 352 g/mol. The highest BCUT2D eigenvalue weighted by Crippen LogP contribution is 2.32. The molecule has 128 valence electrons. The number of carbonyl (C=O) groups is 1. The Morgan fingerprint density at radius 3 is 2.84 bits per heavy atom. The summed E-state index contributed by atoms with van der Waals surface area (Å²) in [5, 5.41) is 3.03. The molecular weight excluding hydrogens is 332 g/mol. The molecule has 6 heteroatoms. The van der Waals surface area contributed by atoms with Crippen LogP contribution in [0, 0.1) is 0 Å². The number of thiazole rings is 1. The molecule has 1 saturated heterocycles. The molecule has 0 unspecified atom stereocenters. The molecule has 1 atom stereocenters.